The van der Waals surface area contributed by atoms with E-state index >= 15 is 0 Å². The van der Waals surface area contributed by atoms with Crippen molar-refractivity contribution in [3.8, 4) is 11.5 Å². The molecule has 1 aromatic carbocycles. The number of esters is 1. The maximum Gasteiger partial charge on any atom is 0.322 e. The molecular weight excluding hydrogens is 288 g/mol. The van der Waals surface area contributed by atoms with Crippen LogP contribution in [0.5, 0.6) is 11.5 Å². The highest BCUT2D eigenvalue weighted by Crippen LogP contribution is 2.25. The normalized spacial score (nSPS) is 11.2. The summed E-state index contributed by atoms with van der Waals surface area (Å²) in [6, 6.07) is 4.52. The SMILES string of the molecule is CC(C)(Br)C(=O)OCCc1ccc(O)c(O)c1. The smallest absolute Gasteiger partial charge is 0.322 e. The molecule has 0 spiro atoms. The predicted molar refractivity (Wildman–Crippen MR) is 67.4 cm³/mol. The molecule has 0 radical (unpaired) electrons. The van der Waals surface area contributed by atoms with Gasteiger partial charge in [-0.15, -0.1) is 0 Å². The number of hydrogen-bond acceptors (Lipinski definition) is 4. The number of alkyl halides is 1. The minimum absolute atomic E-state index is 0.160. The van der Waals surface area contributed by atoms with E-state index in [-0.39, 0.29) is 24.1 Å². The fourth-order valence-corrected chi connectivity index (χ4v) is 1.27. The number of phenolic OH excluding ortho intramolecular Hbond substituents is 2. The highest BCUT2D eigenvalue weighted by Gasteiger charge is 2.25. The van der Waals surface area contributed by atoms with E-state index in [0.29, 0.717) is 6.42 Å². The number of carbonyl (C=O) groups excluding carboxylic acids is 1. The van der Waals surface area contributed by atoms with Crippen molar-refractivity contribution in [2.45, 2.75) is 24.6 Å². The third-order valence-electron chi connectivity index (χ3n) is 2.15. The maximum atomic E-state index is 11.4. The second-order valence-corrected chi connectivity index (χ2v) is 6.16. The first kappa shape index (κ1) is 13.8. The van der Waals surface area contributed by atoms with E-state index in [1.165, 1.54) is 12.1 Å². The summed E-state index contributed by atoms with van der Waals surface area (Å²) < 4.78 is 4.36. The molecule has 0 fully saturated rings. The van der Waals surface area contributed by atoms with Crippen LogP contribution in [0.4, 0.5) is 0 Å². The van der Waals surface area contributed by atoms with Gasteiger partial charge in [0, 0.05) is 6.42 Å². The average molecular weight is 303 g/mol. The number of phenols is 2. The highest BCUT2D eigenvalue weighted by molar-refractivity contribution is 9.10. The maximum absolute atomic E-state index is 11.4. The van der Waals surface area contributed by atoms with Crippen molar-refractivity contribution in [2.75, 3.05) is 6.61 Å². The minimum atomic E-state index is -0.690. The number of rotatable bonds is 4. The van der Waals surface area contributed by atoms with Gasteiger partial charge in [0.25, 0.3) is 0 Å². The van der Waals surface area contributed by atoms with Gasteiger partial charge in [0.1, 0.15) is 4.32 Å². The van der Waals surface area contributed by atoms with Crippen LogP contribution in [0.15, 0.2) is 18.2 Å². The summed E-state index contributed by atoms with van der Waals surface area (Å²) in [6.45, 7) is 3.65. The van der Waals surface area contributed by atoms with Crippen molar-refractivity contribution in [3.63, 3.8) is 0 Å². The van der Waals surface area contributed by atoms with E-state index in [1.54, 1.807) is 19.9 Å². The predicted octanol–water partition coefficient (Wildman–Crippen LogP) is 2.36. The van der Waals surface area contributed by atoms with E-state index in [1.807, 2.05) is 0 Å². The molecule has 0 saturated heterocycles. The fourth-order valence-electron chi connectivity index (χ4n) is 1.16. The first-order valence-electron chi connectivity index (χ1n) is 5.17. The molecule has 0 bridgehead atoms. The molecule has 0 heterocycles. The first-order chi connectivity index (χ1) is 7.80. The van der Waals surface area contributed by atoms with E-state index in [9.17, 15) is 9.90 Å². The molecule has 4 nitrogen and oxygen atoms in total. The van der Waals surface area contributed by atoms with Crippen molar-refractivity contribution in [1.82, 2.24) is 0 Å². The van der Waals surface area contributed by atoms with Crippen molar-refractivity contribution in [1.29, 1.82) is 0 Å². The summed E-state index contributed by atoms with van der Waals surface area (Å²) in [5.74, 6) is -0.664. The number of aromatic hydroxyl groups is 2. The van der Waals surface area contributed by atoms with Gasteiger partial charge in [-0.25, -0.2) is 0 Å². The summed E-state index contributed by atoms with van der Waals surface area (Å²) in [4.78, 5) is 11.4. The summed E-state index contributed by atoms with van der Waals surface area (Å²) in [5, 5.41) is 18.4. The van der Waals surface area contributed by atoms with Gasteiger partial charge in [0.05, 0.1) is 6.61 Å². The third kappa shape index (κ3) is 4.26. The van der Waals surface area contributed by atoms with Gasteiger partial charge in [0.15, 0.2) is 11.5 Å². The first-order valence-corrected chi connectivity index (χ1v) is 5.97. The van der Waals surface area contributed by atoms with E-state index in [0.717, 1.165) is 5.56 Å². The summed E-state index contributed by atoms with van der Waals surface area (Å²) in [6.07, 6.45) is 0.489. The minimum Gasteiger partial charge on any atom is -0.504 e. The van der Waals surface area contributed by atoms with Gasteiger partial charge in [-0.1, -0.05) is 22.0 Å². The van der Waals surface area contributed by atoms with Crippen LogP contribution in [0.1, 0.15) is 19.4 Å². The van der Waals surface area contributed by atoms with Crippen LogP contribution in [0.3, 0.4) is 0 Å². The number of carbonyl (C=O) groups is 1. The second kappa shape index (κ2) is 5.40. The van der Waals surface area contributed by atoms with Gasteiger partial charge in [-0.3, -0.25) is 4.79 Å². The molecule has 2 N–H and O–H groups in total. The summed E-state index contributed by atoms with van der Waals surface area (Å²) in [5.41, 5.74) is 0.792. The van der Waals surface area contributed by atoms with Gasteiger partial charge in [-0.2, -0.15) is 0 Å². The molecule has 5 heteroatoms. The Labute approximate surface area is 108 Å². The Morgan fingerprint density at radius 3 is 2.53 bits per heavy atom. The van der Waals surface area contributed by atoms with Crippen LogP contribution < -0.4 is 0 Å². The Bertz CT molecular complexity index is 409. The van der Waals surface area contributed by atoms with E-state index in [4.69, 9.17) is 9.84 Å². The van der Waals surface area contributed by atoms with Crippen molar-refractivity contribution < 1.29 is 19.7 Å². The lowest BCUT2D eigenvalue weighted by Crippen LogP contribution is -2.27. The average Bonchev–Trinajstić information content (AvgIpc) is 2.22. The van der Waals surface area contributed by atoms with Gasteiger partial charge < -0.3 is 14.9 Å². The lowest BCUT2D eigenvalue weighted by atomic mass is 10.1. The molecule has 94 valence electrons. The fraction of sp³-hybridized carbons (Fsp3) is 0.417. The highest BCUT2D eigenvalue weighted by atomic mass is 79.9. The summed E-state index contributed by atoms with van der Waals surface area (Å²) >= 11 is 3.20. The largest absolute Gasteiger partial charge is 0.504 e. The van der Waals surface area contributed by atoms with Crippen LogP contribution in [0.2, 0.25) is 0 Å². The zero-order chi connectivity index (χ0) is 13.1. The molecule has 0 aromatic heterocycles. The molecule has 0 amide bonds. The molecule has 0 saturated carbocycles. The molecule has 1 rings (SSSR count). The van der Waals surface area contributed by atoms with Crippen LogP contribution in [0.25, 0.3) is 0 Å². The molecular formula is C12H15BrO4. The number of halogens is 1. The van der Waals surface area contributed by atoms with Crippen molar-refractivity contribution >= 4 is 21.9 Å². The second-order valence-electron chi connectivity index (χ2n) is 4.18. The Hall–Kier alpha value is -1.23. The molecule has 0 unspecified atom stereocenters. The zero-order valence-corrected chi connectivity index (χ0v) is 11.3. The standard InChI is InChI=1S/C12H15BrO4/c1-12(2,13)11(16)17-6-5-8-3-4-9(14)10(15)7-8/h3-4,7,14-15H,5-6H2,1-2H3. The number of benzene rings is 1. The quantitative estimate of drug-likeness (QED) is 0.509. The van der Waals surface area contributed by atoms with Gasteiger partial charge in [0.2, 0.25) is 0 Å². The Morgan fingerprint density at radius 2 is 2.00 bits per heavy atom. The van der Waals surface area contributed by atoms with E-state index < -0.39 is 4.32 Å². The topological polar surface area (TPSA) is 66.8 Å². The van der Waals surface area contributed by atoms with Gasteiger partial charge in [-0.05, 0) is 31.5 Å². The van der Waals surface area contributed by atoms with Crippen LogP contribution in [-0.4, -0.2) is 27.1 Å². The van der Waals surface area contributed by atoms with Crippen molar-refractivity contribution in [3.05, 3.63) is 23.8 Å². The third-order valence-corrected chi connectivity index (χ3v) is 2.47. The Balaban J connectivity index is 2.46. The molecule has 0 aliphatic carbocycles. The molecule has 0 aliphatic heterocycles. The van der Waals surface area contributed by atoms with Crippen LogP contribution in [-0.2, 0) is 16.0 Å². The Kier molecular flexibility index (Phi) is 4.40. The lowest BCUT2D eigenvalue weighted by Gasteiger charge is -2.14. The van der Waals surface area contributed by atoms with E-state index in [2.05, 4.69) is 15.9 Å². The molecule has 0 atom stereocenters. The monoisotopic (exact) mass is 302 g/mol. The Morgan fingerprint density at radius 1 is 1.35 bits per heavy atom. The molecule has 17 heavy (non-hydrogen) atoms. The number of hydrogen-bond donors (Lipinski definition) is 2. The molecule has 1 aromatic rings. The molecule has 0 aliphatic rings. The lowest BCUT2D eigenvalue weighted by molar-refractivity contribution is -0.145. The van der Waals surface area contributed by atoms with Crippen LogP contribution in [0, 0.1) is 0 Å². The van der Waals surface area contributed by atoms with Crippen molar-refractivity contribution in [2.24, 2.45) is 0 Å². The van der Waals surface area contributed by atoms with Crippen LogP contribution >= 0.6 is 15.9 Å². The summed E-state index contributed by atoms with van der Waals surface area (Å²) in [7, 11) is 0. The van der Waals surface area contributed by atoms with Gasteiger partial charge >= 0.3 is 5.97 Å². The number of ether oxygens (including phenoxy) is 1. The zero-order valence-electron chi connectivity index (χ0n) is 9.74.